The van der Waals surface area contributed by atoms with Crippen LogP contribution in [0.15, 0.2) is 40.8 Å². The molecule has 2 aliphatic rings. The molecular formula is C16H17NO3S. The Morgan fingerprint density at radius 1 is 1.38 bits per heavy atom. The second-order valence-electron chi connectivity index (χ2n) is 5.21. The standard InChI is InChI=1S/C16H17NO3S/c1-20-16(19)17-13-7-2-3-8-14(13)21-15(17)10-11-5-4-6-12(18)9-11/h2-3,7-9,15H,4-6,10H2,1H3/t15-/m1/s1. The Balaban J connectivity index is 1.85. The number of rotatable bonds is 2. The van der Waals surface area contributed by atoms with Gasteiger partial charge < -0.3 is 4.74 Å². The summed E-state index contributed by atoms with van der Waals surface area (Å²) in [7, 11) is 1.40. The monoisotopic (exact) mass is 303 g/mol. The molecule has 3 rings (SSSR count). The van der Waals surface area contributed by atoms with E-state index < -0.39 is 0 Å². The number of methoxy groups -OCH3 is 1. The summed E-state index contributed by atoms with van der Waals surface area (Å²) in [5.41, 5.74) is 2.02. The second kappa shape index (κ2) is 5.93. The molecule has 4 nitrogen and oxygen atoms in total. The number of fused-ring (bicyclic) bond motifs is 1. The first kappa shape index (κ1) is 14.2. The molecule has 0 fully saturated rings. The van der Waals surface area contributed by atoms with Crippen LogP contribution in [0.25, 0.3) is 0 Å². The van der Waals surface area contributed by atoms with E-state index in [1.807, 2.05) is 24.3 Å². The van der Waals surface area contributed by atoms with Crippen molar-refractivity contribution in [3.8, 4) is 0 Å². The molecule has 0 aromatic heterocycles. The van der Waals surface area contributed by atoms with Crippen LogP contribution in [-0.4, -0.2) is 24.4 Å². The highest BCUT2D eigenvalue weighted by molar-refractivity contribution is 8.00. The van der Waals surface area contributed by atoms with Crippen LogP contribution in [0.5, 0.6) is 0 Å². The Morgan fingerprint density at radius 3 is 2.95 bits per heavy atom. The number of allylic oxidation sites excluding steroid dienone is 1. The number of thioether (sulfide) groups is 1. The van der Waals surface area contributed by atoms with E-state index in [2.05, 4.69) is 0 Å². The Labute approximate surface area is 128 Å². The lowest BCUT2D eigenvalue weighted by Gasteiger charge is -2.24. The molecule has 5 heteroatoms. The molecule has 1 aliphatic carbocycles. The van der Waals surface area contributed by atoms with Crippen molar-refractivity contribution in [1.29, 1.82) is 0 Å². The van der Waals surface area contributed by atoms with Crippen molar-refractivity contribution in [2.45, 2.75) is 36.0 Å². The van der Waals surface area contributed by atoms with Gasteiger partial charge in [-0.25, -0.2) is 4.79 Å². The first-order valence-corrected chi connectivity index (χ1v) is 7.92. The van der Waals surface area contributed by atoms with Gasteiger partial charge in [-0.3, -0.25) is 9.69 Å². The average molecular weight is 303 g/mol. The molecule has 21 heavy (non-hydrogen) atoms. The van der Waals surface area contributed by atoms with Crippen molar-refractivity contribution in [2.24, 2.45) is 0 Å². The Hall–Kier alpha value is -1.75. The predicted octanol–water partition coefficient (Wildman–Crippen LogP) is 3.76. The number of carbonyl (C=O) groups is 2. The number of ether oxygens (including phenoxy) is 1. The normalized spacial score (nSPS) is 21.0. The number of ketones is 1. The smallest absolute Gasteiger partial charge is 0.415 e. The van der Waals surface area contributed by atoms with Crippen molar-refractivity contribution >= 4 is 29.3 Å². The van der Waals surface area contributed by atoms with Gasteiger partial charge in [-0.05, 0) is 37.5 Å². The summed E-state index contributed by atoms with van der Waals surface area (Å²) < 4.78 is 4.92. The van der Waals surface area contributed by atoms with Crippen molar-refractivity contribution < 1.29 is 14.3 Å². The van der Waals surface area contributed by atoms with Gasteiger partial charge in [-0.2, -0.15) is 0 Å². The molecule has 0 N–H and O–H groups in total. The molecule has 110 valence electrons. The lowest BCUT2D eigenvalue weighted by atomic mass is 9.96. The molecule has 1 aromatic rings. The second-order valence-corrected chi connectivity index (χ2v) is 6.43. The molecule has 1 amide bonds. The Bertz CT molecular complexity index is 611. The Kier molecular flexibility index (Phi) is 4.01. The van der Waals surface area contributed by atoms with Gasteiger partial charge in [0.1, 0.15) is 0 Å². The third-order valence-corrected chi connectivity index (χ3v) is 5.02. The fourth-order valence-corrected chi connectivity index (χ4v) is 4.14. The molecule has 0 radical (unpaired) electrons. The topological polar surface area (TPSA) is 46.6 Å². The fraction of sp³-hybridized carbons (Fsp3) is 0.375. The number of hydrogen-bond acceptors (Lipinski definition) is 4. The molecule has 1 heterocycles. The average Bonchev–Trinajstić information content (AvgIpc) is 2.84. The minimum atomic E-state index is -0.347. The highest BCUT2D eigenvalue weighted by Crippen LogP contribution is 2.46. The number of benzene rings is 1. The number of amides is 1. The first-order chi connectivity index (χ1) is 10.2. The lowest BCUT2D eigenvalue weighted by molar-refractivity contribution is -0.115. The van der Waals surface area contributed by atoms with Crippen molar-refractivity contribution in [1.82, 2.24) is 0 Å². The summed E-state index contributed by atoms with van der Waals surface area (Å²) in [4.78, 5) is 26.4. The van der Waals surface area contributed by atoms with E-state index in [4.69, 9.17) is 4.74 Å². The molecule has 1 aromatic carbocycles. The van der Waals surface area contributed by atoms with Crippen LogP contribution in [0.4, 0.5) is 10.5 Å². The van der Waals surface area contributed by atoms with Crippen LogP contribution < -0.4 is 4.90 Å². The van der Waals surface area contributed by atoms with Gasteiger partial charge in [0.05, 0.1) is 18.2 Å². The van der Waals surface area contributed by atoms with E-state index in [9.17, 15) is 9.59 Å². The summed E-state index contributed by atoms with van der Waals surface area (Å²) in [6, 6.07) is 7.82. The zero-order valence-corrected chi connectivity index (χ0v) is 12.7. The van der Waals surface area contributed by atoms with Crippen molar-refractivity contribution in [3.05, 3.63) is 35.9 Å². The highest BCUT2D eigenvalue weighted by Gasteiger charge is 2.35. The van der Waals surface area contributed by atoms with Gasteiger partial charge >= 0.3 is 6.09 Å². The molecule has 0 bridgehead atoms. The number of anilines is 1. The zero-order valence-electron chi connectivity index (χ0n) is 11.9. The van der Waals surface area contributed by atoms with Gasteiger partial charge in [0.25, 0.3) is 0 Å². The van der Waals surface area contributed by atoms with Gasteiger partial charge in [0.15, 0.2) is 5.78 Å². The summed E-state index contributed by atoms with van der Waals surface area (Å²) in [6.45, 7) is 0. The van der Waals surface area contributed by atoms with Crippen LogP contribution in [-0.2, 0) is 9.53 Å². The summed E-state index contributed by atoms with van der Waals surface area (Å²) in [5.74, 6) is 0.196. The maximum absolute atomic E-state index is 12.1. The third kappa shape index (κ3) is 2.83. The van der Waals surface area contributed by atoms with E-state index in [0.29, 0.717) is 12.8 Å². The molecule has 1 aliphatic heterocycles. The first-order valence-electron chi connectivity index (χ1n) is 7.04. The minimum absolute atomic E-state index is 0.0352. The fourth-order valence-electron chi connectivity index (χ4n) is 2.80. The van der Waals surface area contributed by atoms with Gasteiger partial charge in [-0.15, -0.1) is 0 Å². The molecule has 0 saturated carbocycles. The molecular weight excluding hydrogens is 286 g/mol. The molecule has 1 atom stereocenters. The summed E-state index contributed by atoms with van der Waals surface area (Å²) in [5, 5.41) is -0.0352. The summed E-state index contributed by atoms with van der Waals surface area (Å²) >= 11 is 1.66. The van der Waals surface area contributed by atoms with Crippen LogP contribution in [0.1, 0.15) is 25.7 Å². The van der Waals surface area contributed by atoms with E-state index in [0.717, 1.165) is 29.0 Å². The maximum atomic E-state index is 12.1. The summed E-state index contributed by atoms with van der Waals surface area (Å²) in [6.07, 6.45) is 4.60. The van der Waals surface area contributed by atoms with Crippen LogP contribution >= 0.6 is 11.8 Å². The number of carbonyl (C=O) groups excluding carboxylic acids is 2. The third-order valence-electron chi connectivity index (χ3n) is 3.77. The number of para-hydroxylation sites is 1. The van der Waals surface area contributed by atoms with Gasteiger partial charge in [0, 0.05) is 11.3 Å². The number of hydrogen-bond donors (Lipinski definition) is 0. The predicted molar refractivity (Wildman–Crippen MR) is 82.5 cm³/mol. The van der Waals surface area contributed by atoms with Crippen LogP contribution in [0.3, 0.4) is 0 Å². The van der Waals surface area contributed by atoms with Crippen molar-refractivity contribution in [2.75, 3.05) is 12.0 Å². The van der Waals surface area contributed by atoms with E-state index >= 15 is 0 Å². The maximum Gasteiger partial charge on any atom is 0.415 e. The minimum Gasteiger partial charge on any atom is -0.452 e. The lowest BCUT2D eigenvalue weighted by Crippen LogP contribution is -2.36. The molecule has 0 spiro atoms. The van der Waals surface area contributed by atoms with Crippen LogP contribution in [0.2, 0.25) is 0 Å². The van der Waals surface area contributed by atoms with E-state index in [1.165, 1.54) is 7.11 Å². The molecule has 0 saturated heterocycles. The highest BCUT2D eigenvalue weighted by atomic mass is 32.2. The van der Waals surface area contributed by atoms with E-state index in [-0.39, 0.29) is 17.3 Å². The zero-order chi connectivity index (χ0) is 14.8. The largest absolute Gasteiger partial charge is 0.452 e. The van der Waals surface area contributed by atoms with Gasteiger partial charge in [-0.1, -0.05) is 29.5 Å². The number of nitrogens with zero attached hydrogens (tertiary/aromatic N) is 1. The Morgan fingerprint density at radius 2 is 2.19 bits per heavy atom. The molecule has 0 unspecified atom stereocenters. The van der Waals surface area contributed by atoms with Crippen LogP contribution in [0, 0.1) is 0 Å². The van der Waals surface area contributed by atoms with E-state index in [1.54, 1.807) is 22.7 Å². The van der Waals surface area contributed by atoms with Crippen molar-refractivity contribution in [3.63, 3.8) is 0 Å². The quantitative estimate of drug-likeness (QED) is 0.834. The SMILES string of the molecule is COC(=O)N1c2ccccc2S[C@@H]1CC1=CC(=O)CCC1. The van der Waals surface area contributed by atoms with Gasteiger partial charge in [0.2, 0.25) is 0 Å².